The molecule has 4 rings (SSSR count). The van der Waals surface area contributed by atoms with Crippen molar-refractivity contribution >= 4 is 11.8 Å². The standard InChI is InChI=1S/C21H28N2O3/c24-19-7-5-15(6-8-19)16-9-11-22(12-10-16)21(26)17-13-20(25)23(14-17)18-3-1-2-4-18/h5-8,16-18,24H,1-4,9-14H2/t17-/m0/s1. The minimum absolute atomic E-state index is 0.145. The number of aromatic hydroxyl groups is 1. The van der Waals surface area contributed by atoms with Crippen molar-refractivity contribution in [3.8, 4) is 5.75 Å². The maximum atomic E-state index is 12.9. The molecule has 26 heavy (non-hydrogen) atoms. The zero-order valence-corrected chi connectivity index (χ0v) is 15.3. The second-order valence-corrected chi connectivity index (χ2v) is 8.08. The summed E-state index contributed by atoms with van der Waals surface area (Å²) < 4.78 is 0. The number of carbonyl (C=O) groups is 2. The Kier molecular flexibility index (Phi) is 4.88. The average Bonchev–Trinajstić information content (AvgIpc) is 3.31. The average molecular weight is 356 g/mol. The molecule has 1 aromatic rings. The van der Waals surface area contributed by atoms with E-state index < -0.39 is 0 Å². The summed E-state index contributed by atoms with van der Waals surface area (Å²) in [4.78, 5) is 29.2. The number of hydrogen-bond acceptors (Lipinski definition) is 3. The molecule has 0 radical (unpaired) electrons. The molecule has 5 nitrogen and oxygen atoms in total. The summed E-state index contributed by atoms with van der Waals surface area (Å²) in [6, 6.07) is 7.79. The Labute approximate surface area is 155 Å². The van der Waals surface area contributed by atoms with Crippen molar-refractivity contribution in [1.82, 2.24) is 9.80 Å². The van der Waals surface area contributed by atoms with Crippen LogP contribution in [0.1, 0.15) is 56.4 Å². The number of carbonyl (C=O) groups excluding carboxylic acids is 2. The molecular weight excluding hydrogens is 328 g/mol. The summed E-state index contributed by atoms with van der Waals surface area (Å²) in [7, 11) is 0. The third kappa shape index (κ3) is 3.44. The van der Waals surface area contributed by atoms with Gasteiger partial charge < -0.3 is 14.9 Å². The van der Waals surface area contributed by atoms with Gasteiger partial charge in [0, 0.05) is 32.1 Å². The number of nitrogens with zero attached hydrogens (tertiary/aromatic N) is 2. The lowest BCUT2D eigenvalue weighted by Crippen LogP contribution is -2.42. The highest BCUT2D eigenvalue weighted by Crippen LogP contribution is 2.33. The summed E-state index contributed by atoms with van der Waals surface area (Å²) in [5.41, 5.74) is 1.23. The van der Waals surface area contributed by atoms with Gasteiger partial charge in [0.05, 0.1) is 5.92 Å². The van der Waals surface area contributed by atoms with Crippen LogP contribution >= 0.6 is 0 Å². The molecule has 1 aromatic carbocycles. The molecule has 1 atom stereocenters. The summed E-state index contributed by atoms with van der Waals surface area (Å²) >= 11 is 0. The fourth-order valence-corrected chi connectivity index (χ4v) is 4.90. The second kappa shape index (κ2) is 7.29. The van der Waals surface area contributed by atoms with Crippen LogP contribution in [0.25, 0.3) is 0 Å². The Balaban J connectivity index is 1.32. The second-order valence-electron chi connectivity index (χ2n) is 8.08. The summed E-state index contributed by atoms with van der Waals surface area (Å²) in [6.07, 6.45) is 6.91. The monoisotopic (exact) mass is 356 g/mol. The number of piperidine rings is 1. The lowest BCUT2D eigenvalue weighted by molar-refractivity contribution is -0.136. The van der Waals surface area contributed by atoms with Crippen LogP contribution in [0.2, 0.25) is 0 Å². The zero-order chi connectivity index (χ0) is 18.1. The molecule has 0 aromatic heterocycles. The van der Waals surface area contributed by atoms with E-state index in [9.17, 15) is 14.7 Å². The van der Waals surface area contributed by atoms with E-state index in [4.69, 9.17) is 0 Å². The van der Waals surface area contributed by atoms with E-state index in [0.717, 1.165) is 38.8 Å². The smallest absolute Gasteiger partial charge is 0.227 e. The van der Waals surface area contributed by atoms with Crippen LogP contribution in [0.5, 0.6) is 5.75 Å². The van der Waals surface area contributed by atoms with Gasteiger partial charge in [-0.2, -0.15) is 0 Å². The first-order chi connectivity index (χ1) is 12.6. The van der Waals surface area contributed by atoms with Gasteiger partial charge in [-0.05, 0) is 49.3 Å². The van der Waals surface area contributed by atoms with Gasteiger partial charge in [-0.25, -0.2) is 0 Å². The Morgan fingerprint density at radius 2 is 1.65 bits per heavy atom. The van der Waals surface area contributed by atoms with Gasteiger partial charge in [0.1, 0.15) is 5.75 Å². The van der Waals surface area contributed by atoms with E-state index in [-0.39, 0.29) is 17.7 Å². The lowest BCUT2D eigenvalue weighted by Gasteiger charge is -2.34. The lowest BCUT2D eigenvalue weighted by atomic mass is 9.89. The first kappa shape index (κ1) is 17.4. The van der Waals surface area contributed by atoms with Crippen LogP contribution in [-0.2, 0) is 9.59 Å². The number of phenols is 1. The van der Waals surface area contributed by atoms with E-state index in [1.54, 1.807) is 12.1 Å². The zero-order valence-electron chi connectivity index (χ0n) is 15.3. The van der Waals surface area contributed by atoms with Gasteiger partial charge >= 0.3 is 0 Å². The molecule has 3 aliphatic rings. The van der Waals surface area contributed by atoms with Crippen LogP contribution < -0.4 is 0 Å². The molecule has 1 saturated carbocycles. The molecule has 140 valence electrons. The van der Waals surface area contributed by atoms with Crippen molar-refractivity contribution in [1.29, 1.82) is 0 Å². The van der Waals surface area contributed by atoms with Crippen LogP contribution in [0.3, 0.4) is 0 Å². The van der Waals surface area contributed by atoms with Crippen molar-refractivity contribution < 1.29 is 14.7 Å². The van der Waals surface area contributed by atoms with Crippen molar-refractivity contribution in [2.45, 2.75) is 56.9 Å². The number of amides is 2. The highest BCUT2D eigenvalue weighted by atomic mass is 16.3. The van der Waals surface area contributed by atoms with E-state index >= 15 is 0 Å². The van der Waals surface area contributed by atoms with E-state index in [2.05, 4.69) is 0 Å². The van der Waals surface area contributed by atoms with Crippen molar-refractivity contribution in [3.05, 3.63) is 29.8 Å². The van der Waals surface area contributed by atoms with Crippen molar-refractivity contribution in [2.75, 3.05) is 19.6 Å². The molecule has 1 aliphatic carbocycles. The maximum absolute atomic E-state index is 12.9. The Morgan fingerprint density at radius 3 is 2.31 bits per heavy atom. The molecular formula is C21H28N2O3. The number of benzene rings is 1. The first-order valence-corrected chi connectivity index (χ1v) is 9.99. The van der Waals surface area contributed by atoms with E-state index in [1.165, 1.54) is 18.4 Å². The number of likely N-dealkylation sites (tertiary alicyclic amines) is 2. The largest absolute Gasteiger partial charge is 0.508 e. The summed E-state index contributed by atoms with van der Waals surface area (Å²) in [6.45, 7) is 2.15. The molecule has 0 bridgehead atoms. The van der Waals surface area contributed by atoms with Crippen LogP contribution in [-0.4, -0.2) is 52.4 Å². The van der Waals surface area contributed by atoms with Gasteiger partial charge in [0.25, 0.3) is 0 Å². The number of rotatable bonds is 3. The molecule has 3 fully saturated rings. The van der Waals surface area contributed by atoms with E-state index in [0.29, 0.717) is 30.7 Å². The van der Waals surface area contributed by atoms with E-state index in [1.807, 2.05) is 21.9 Å². The molecule has 2 saturated heterocycles. The third-order valence-corrected chi connectivity index (χ3v) is 6.44. The number of hydrogen-bond donors (Lipinski definition) is 1. The molecule has 2 amide bonds. The Hall–Kier alpha value is -2.04. The summed E-state index contributed by atoms with van der Waals surface area (Å²) in [5, 5.41) is 9.43. The Morgan fingerprint density at radius 1 is 1.00 bits per heavy atom. The molecule has 2 heterocycles. The quantitative estimate of drug-likeness (QED) is 0.906. The van der Waals surface area contributed by atoms with Crippen LogP contribution in [0.15, 0.2) is 24.3 Å². The normalized spacial score (nSPS) is 25.2. The predicted octanol–water partition coefficient (Wildman–Crippen LogP) is 2.89. The van der Waals surface area contributed by atoms with Gasteiger partial charge in [0.15, 0.2) is 0 Å². The SMILES string of the molecule is O=C([C@H]1CC(=O)N(C2CCCC2)C1)N1CCC(c2ccc(O)cc2)CC1. The van der Waals surface area contributed by atoms with Gasteiger partial charge in [-0.1, -0.05) is 25.0 Å². The summed E-state index contributed by atoms with van der Waals surface area (Å²) in [5.74, 6) is 0.935. The fourth-order valence-electron chi connectivity index (χ4n) is 4.90. The minimum Gasteiger partial charge on any atom is -0.508 e. The molecule has 5 heteroatoms. The van der Waals surface area contributed by atoms with Crippen LogP contribution in [0.4, 0.5) is 0 Å². The Bertz CT molecular complexity index is 658. The molecule has 2 aliphatic heterocycles. The maximum Gasteiger partial charge on any atom is 0.227 e. The molecule has 0 unspecified atom stereocenters. The third-order valence-electron chi connectivity index (χ3n) is 6.44. The number of phenolic OH excluding ortho intramolecular Hbond substituents is 1. The predicted molar refractivity (Wildman–Crippen MR) is 98.7 cm³/mol. The van der Waals surface area contributed by atoms with Crippen molar-refractivity contribution in [3.63, 3.8) is 0 Å². The topological polar surface area (TPSA) is 60.9 Å². The van der Waals surface area contributed by atoms with Crippen molar-refractivity contribution in [2.24, 2.45) is 5.92 Å². The highest BCUT2D eigenvalue weighted by Gasteiger charge is 2.40. The molecule has 0 spiro atoms. The highest BCUT2D eigenvalue weighted by molar-refractivity contribution is 5.89. The van der Waals surface area contributed by atoms with Gasteiger partial charge in [0.2, 0.25) is 11.8 Å². The van der Waals surface area contributed by atoms with Crippen LogP contribution in [0, 0.1) is 5.92 Å². The van der Waals surface area contributed by atoms with Gasteiger partial charge in [-0.15, -0.1) is 0 Å². The fraction of sp³-hybridized carbons (Fsp3) is 0.619. The first-order valence-electron chi connectivity index (χ1n) is 9.99. The molecule has 1 N–H and O–H groups in total. The van der Waals surface area contributed by atoms with Gasteiger partial charge in [-0.3, -0.25) is 9.59 Å². The minimum atomic E-state index is -0.145.